The molecular weight excluding hydrogens is 887 g/mol. The molecule has 1 aliphatic heterocycles. The molecule has 7 unspecified atom stereocenters. The quantitative estimate of drug-likeness (QED) is 0.0261. The second kappa shape index (κ2) is 51.9. The average molecular weight is 1000 g/mol. The Kier molecular flexibility index (Phi) is 49.3. The molecular formula is C62H117NO8. The monoisotopic (exact) mass is 1000 g/mol. The van der Waals surface area contributed by atoms with Gasteiger partial charge in [0.05, 0.1) is 25.4 Å². The molecule has 9 nitrogen and oxygen atoms in total. The molecule has 0 aromatic heterocycles. The van der Waals surface area contributed by atoms with E-state index in [2.05, 4.69) is 55.6 Å². The molecule has 0 aromatic carbocycles. The number of carbonyl (C=O) groups is 1. The van der Waals surface area contributed by atoms with Crippen LogP contribution in [0.1, 0.15) is 296 Å². The number of rotatable bonds is 53. The molecule has 9 heteroatoms. The van der Waals surface area contributed by atoms with Gasteiger partial charge in [-0.1, -0.05) is 275 Å². The average Bonchev–Trinajstić information content (AvgIpc) is 3.37. The molecule has 1 heterocycles. The van der Waals surface area contributed by atoms with Gasteiger partial charge in [0.25, 0.3) is 0 Å². The summed E-state index contributed by atoms with van der Waals surface area (Å²) in [5, 5.41) is 54.6. The number of nitrogens with one attached hydrogen (secondary N) is 1. The van der Waals surface area contributed by atoms with Crippen molar-refractivity contribution in [1.82, 2.24) is 5.32 Å². The van der Waals surface area contributed by atoms with Gasteiger partial charge < -0.3 is 40.3 Å². The summed E-state index contributed by atoms with van der Waals surface area (Å²) in [7, 11) is 0. The summed E-state index contributed by atoms with van der Waals surface area (Å²) in [6.07, 6.45) is 60.5. The maximum atomic E-state index is 13.1. The van der Waals surface area contributed by atoms with Crippen LogP contribution in [0.25, 0.3) is 0 Å². The van der Waals surface area contributed by atoms with Crippen LogP contribution in [0.4, 0.5) is 0 Å². The van der Waals surface area contributed by atoms with Crippen LogP contribution in [0, 0.1) is 0 Å². The van der Waals surface area contributed by atoms with Crippen LogP contribution < -0.4 is 5.32 Å². The first kappa shape index (κ1) is 67.4. The molecule has 0 bridgehead atoms. The third-order valence-electron chi connectivity index (χ3n) is 14.7. The summed E-state index contributed by atoms with van der Waals surface area (Å²) >= 11 is 0. The summed E-state index contributed by atoms with van der Waals surface area (Å²) in [4.78, 5) is 13.1. The number of aliphatic hydroxyl groups is 5. The zero-order chi connectivity index (χ0) is 51.5. The molecule has 1 amide bonds. The highest BCUT2D eigenvalue weighted by Crippen LogP contribution is 2.23. The minimum Gasteiger partial charge on any atom is -0.394 e. The van der Waals surface area contributed by atoms with E-state index in [-0.39, 0.29) is 12.5 Å². The van der Waals surface area contributed by atoms with Crippen LogP contribution >= 0.6 is 0 Å². The van der Waals surface area contributed by atoms with Crippen molar-refractivity contribution in [2.45, 2.75) is 339 Å². The fraction of sp³-hybridized carbons (Fsp3) is 0.887. The minimum absolute atomic E-state index is 0.134. The van der Waals surface area contributed by atoms with E-state index in [1.54, 1.807) is 0 Å². The molecule has 71 heavy (non-hydrogen) atoms. The van der Waals surface area contributed by atoms with Gasteiger partial charge in [0, 0.05) is 6.42 Å². The van der Waals surface area contributed by atoms with Gasteiger partial charge in [-0.3, -0.25) is 4.79 Å². The summed E-state index contributed by atoms with van der Waals surface area (Å²) < 4.78 is 11.3. The van der Waals surface area contributed by atoms with Gasteiger partial charge in [-0.05, 0) is 51.4 Å². The van der Waals surface area contributed by atoms with Gasteiger partial charge in [0.15, 0.2) is 6.29 Å². The highest BCUT2D eigenvalue weighted by atomic mass is 16.7. The zero-order valence-corrected chi connectivity index (χ0v) is 46.5. The Balaban J connectivity index is 2.07. The summed E-state index contributed by atoms with van der Waals surface area (Å²) in [6, 6.07) is -0.716. The van der Waals surface area contributed by atoms with Crippen LogP contribution in [0.15, 0.2) is 36.5 Å². The maximum absolute atomic E-state index is 13.1. The molecule has 1 fully saturated rings. The number of carbonyl (C=O) groups excluding carboxylic acids is 1. The molecule has 1 saturated heterocycles. The Morgan fingerprint density at radius 1 is 0.479 bits per heavy atom. The summed E-state index contributed by atoms with van der Waals surface area (Å²) in [5.74, 6) is -0.140. The highest BCUT2D eigenvalue weighted by Gasteiger charge is 2.44. The fourth-order valence-electron chi connectivity index (χ4n) is 9.88. The third-order valence-corrected chi connectivity index (χ3v) is 14.7. The van der Waals surface area contributed by atoms with Gasteiger partial charge in [-0.15, -0.1) is 0 Å². The van der Waals surface area contributed by atoms with Crippen molar-refractivity contribution in [3.8, 4) is 0 Å². The Labute approximate surface area is 438 Å². The summed E-state index contributed by atoms with van der Waals surface area (Å²) in [6.45, 7) is 3.84. The van der Waals surface area contributed by atoms with E-state index in [0.717, 1.165) is 51.4 Å². The Morgan fingerprint density at radius 3 is 1.23 bits per heavy atom. The lowest BCUT2D eigenvalue weighted by Crippen LogP contribution is -2.60. The van der Waals surface area contributed by atoms with E-state index in [9.17, 15) is 30.3 Å². The lowest BCUT2D eigenvalue weighted by Gasteiger charge is -2.40. The molecule has 0 aromatic rings. The number of hydrogen-bond acceptors (Lipinski definition) is 8. The third kappa shape index (κ3) is 41.4. The van der Waals surface area contributed by atoms with Crippen molar-refractivity contribution in [2.24, 2.45) is 0 Å². The Morgan fingerprint density at radius 2 is 0.831 bits per heavy atom. The Hall–Kier alpha value is -1.59. The van der Waals surface area contributed by atoms with E-state index < -0.39 is 49.5 Å². The lowest BCUT2D eigenvalue weighted by atomic mass is 9.99. The smallest absolute Gasteiger partial charge is 0.220 e. The van der Waals surface area contributed by atoms with Crippen LogP contribution in [-0.4, -0.2) is 87.5 Å². The van der Waals surface area contributed by atoms with Crippen molar-refractivity contribution in [2.75, 3.05) is 13.2 Å². The molecule has 6 N–H and O–H groups in total. The van der Waals surface area contributed by atoms with Crippen molar-refractivity contribution >= 4 is 5.91 Å². The first-order valence-corrected chi connectivity index (χ1v) is 30.7. The van der Waals surface area contributed by atoms with Gasteiger partial charge in [0.2, 0.25) is 5.91 Å². The molecule has 0 aliphatic carbocycles. The minimum atomic E-state index is -1.55. The lowest BCUT2D eigenvalue weighted by molar-refractivity contribution is -0.302. The van der Waals surface area contributed by atoms with Crippen molar-refractivity contribution < 1.29 is 39.8 Å². The molecule has 1 rings (SSSR count). The number of allylic oxidation sites excluding steroid dienone is 6. The number of aliphatic hydroxyl groups excluding tert-OH is 5. The van der Waals surface area contributed by atoms with Gasteiger partial charge in [-0.25, -0.2) is 0 Å². The molecule has 418 valence electrons. The van der Waals surface area contributed by atoms with Gasteiger partial charge in [-0.2, -0.15) is 0 Å². The Bertz CT molecular complexity index is 1210. The predicted octanol–water partition coefficient (Wildman–Crippen LogP) is 15.5. The van der Waals surface area contributed by atoms with E-state index in [4.69, 9.17) is 9.47 Å². The van der Waals surface area contributed by atoms with Gasteiger partial charge >= 0.3 is 0 Å². The SMILES string of the molecule is CCCCCCC/C=C\C/C=C\C/C=C\CCCCCCCCCCCCCCCCCCCCCCC(=O)NC(COC1OC(CO)C(O)C(O)C1O)C(O)CCCCCCCCCCCCCCC. The van der Waals surface area contributed by atoms with Crippen LogP contribution in [0.5, 0.6) is 0 Å². The molecule has 0 radical (unpaired) electrons. The second-order valence-electron chi connectivity index (χ2n) is 21.5. The maximum Gasteiger partial charge on any atom is 0.220 e. The van der Waals surface area contributed by atoms with E-state index in [0.29, 0.717) is 12.8 Å². The van der Waals surface area contributed by atoms with Crippen LogP contribution in [-0.2, 0) is 14.3 Å². The first-order valence-electron chi connectivity index (χ1n) is 30.7. The molecule has 0 spiro atoms. The molecule has 0 saturated carbocycles. The highest BCUT2D eigenvalue weighted by molar-refractivity contribution is 5.76. The number of hydrogen-bond donors (Lipinski definition) is 6. The van der Waals surface area contributed by atoms with Gasteiger partial charge in [0.1, 0.15) is 24.4 Å². The number of unbranched alkanes of at least 4 members (excludes halogenated alkanes) is 37. The van der Waals surface area contributed by atoms with Crippen LogP contribution in [0.2, 0.25) is 0 Å². The normalized spacial score (nSPS) is 19.5. The van der Waals surface area contributed by atoms with Crippen molar-refractivity contribution in [3.05, 3.63) is 36.5 Å². The number of amides is 1. The van der Waals surface area contributed by atoms with Crippen molar-refractivity contribution in [3.63, 3.8) is 0 Å². The predicted molar refractivity (Wildman–Crippen MR) is 300 cm³/mol. The fourth-order valence-corrected chi connectivity index (χ4v) is 9.88. The van der Waals surface area contributed by atoms with E-state index in [1.165, 1.54) is 218 Å². The van der Waals surface area contributed by atoms with E-state index in [1.807, 2.05) is 0 Å². The van der Waals surface area contributed by atoms with E-state index >= 15 is 0 Å². The topological polar surface area (TPSA) is 149 Å². The molecule has 1 aliphatic rings. The largest absolute Gasteiger partial charge is 0.394 e. The van der Waals surface area contributed by atoms with Crippen molar-refractivity contribution in [1.29, 1.82) is 0 Å². The molecule has 7 atom stereocenters. The first-order chi connectivity index (χ1) is 34.8. The second-order valence-corrected chi connectivity index (χ2v) is 21.5. The number of ether oxygens (including phenoxy) is 2. The standard InChI is InChI=1S/C62H117NO8/c1-3-5-7-9-11-13-15-17-18-19-20-21-22-23-24-25-26-27-28-29-30-31-32-33-34-35-36-37-38-40-42-44-46-48-50-52-58(66)63-55(54-70-62-61(69)60(68)59(67)57(53-64)71-62)56(65)51-49-47-45-43-41-39-16-14-12-10-8-6-4-2/h15,17,19-20,22-23,55-57,59-62,64-65,67-69H,3-14,16,18,21,24-54H2,1-2H3,(H,63,66)/b17-15-,20-19-,23-22-. The zero-order valence-electron chi connectivity index (χ0n) is 46.5. The van der Waals surface area contributed by atoms with Crippen LogP contribution in [0.3, 0.4) is 0 Å². The summed E-state index contributed by atoms with van der Waals surface area (Å²) in [5.41, 5.74) is 0.